The van der Waals surface area contributed by atoms with Crippen LogP contribution in [0.25, 0.3) is 0 Å². The molecule has 0 amide bonds. The molecule has 0 aromatic heterocycles. The van der Waals surface area contributed by atoms with Crippen LogP contribution in [0.1, 0.15) is 37.7 Å². The van der Waals surface area contributed by atoms with E-state index in [4.69, 9.17) is 21.1 Å². The molecule has 1 saturated heterocycles. The van der Waals surface area contributed by atoms with Gasteiger partial charge in [0.2, 0.25) is 6.10 Å². The molecular formula is C16H17ClO4. The van der Waals surface area contributed by atoms with Gasteiger partial charge in [-0.15, -0.1) is 0 Å². The highest BCUT2D eigenvalue weighted by molar-refractivity contribution is 6.30. The SMILES string of the molecule is O=C1OCC[C@H]1OC(=O)C1(c2ccc(Cl)cc2)CCCC1. The molecule has 1 atom stereocenters. The highest BCUT2D eigenvalue weighted by Gasteiger charge is 2.46. The molecule has 1 saturated carbocycles. The molecule has 0 unspecified atom stereocenters. The average molecular weight is 309 g/mol. The van der Waals surface area contributed by atoms with Crippen LogP contribution in [0, 0.1) is 0 Å². The number of hydrogen-bond acceptors (Lipinski definition) is 4. The third kappa shape index (κ3) is 2.64. The van der Waals surface area contributed by atoms with E-state index in [9.17, 15) is 9.59 Å². The Hall–Kier alpha value is -1.55. The molecule has 112 valence electrons. The van der Waals surface area contributed by atoms with Crippen molar-refractivity contribution in [2.45, 2.75) is 43.6 Å². The smallest absolute Gasteiger partial charge is 0.347 e. The van der Waals surface area contributed by atoms with E-state index < -0.39 is 17.5 Å². The molecule has 4 nitrogen and oxygen atoms in total. The van der Waals surface area contributed by atoms with Gasteiger partial charge in [-0.25, -0.2) is 4.79 Å². The lowest BCUT2D eigenvalue weighted by atomic mass is 9.79. The first-order valence-corrected chi connectivity index (χ1v) is 7.63. The predicted octanol–water partition coefficient (Wildman–Crippen LogP) is 3.01. The van der Waals surface area contributed by atoms with Crippen LogP contribution in [0.3, 0.4) is 0 Å². The fourth-order valence-corrected chi connectivity index (χ4v) is 3.31. The average Bonchev–Trinajstić information content (AvgIpc) is 3.10. The monoisotopic (exact) mass is 308 g/mol. The largest absolute Gasteiger partial charge is 0.463 e. The number of carbonyl (C=O) groups is 2. The molecule has 1 aromatic rings. The van der Waals surface area contributed by atoms with Gasteiger partial charge in [0.25, 0.3) is 0 Å². The number of benzene rings is 1. The van der Waals surface area contributed by atoms with Crippen molar-refractivity contribution in [2.24, 2.45) is 0 Å². The Morgan fingerprint density at radius 1 is 1.24 bits per heavy atom. The zero-order chi connectivity index (χ0) is 14.9. The Morgan fingerprint density at radius 2 is 1.90 bits per heavy atom. The Bertz CT molecular complexity index is 546. The van der Waals surface area contributed by atoms with Crippen LogP contribution in [0.15, 0.2) is 24.3 Å². The third-order valence-electron chi connectivity index (χ3n) is 4.38. The van der Waals surface area contributed by atoms with Crippen molar-refractivity contribution >= 4 is 23.5 Å². The molecule has 1 aromatic carbocycles. The fourth-order valence-electron chi connectivity index (χ4n) is 3.18. The van der Waals surface area contributed by atoms with Crippen molar-refractivity contribution in [2.75, 3.05) is 6.61 Å². The number of hydrogen-bond donors (Lipinski definition) is 0. The Kier molecular flexibility index (Phi) is 3.89. The summed E-state index contributed by atoms with van der Waals surface area (Å²) in [6.07, 6.45) is 3.15. The Labute approximate surface area is 128 Å². The molecule has 0 spiro atoms. The van der Waals surface area contributed by atoms with Crippen LogP contribution >= 0.6 is 11.6 Å². The van der Waals surface area contributed by atoms with Gasteiger partial charge in [-0.2, -0.15) is 0 Å². The van der Waals surface area contributed by atoms with E-state index in [2.05, 4.69) is 0 Å². The van der Waals surface area contributed by atoms with E-state index in [1.54, 1.807) is 12.1 Å². The number of ether oxygens (including phenoxy) is 2. The molecule has 1 aliphatic heterocycles. The summed E-state index contributed by atoms with van der Waals surface area (Å²) in [5.41, 5.74) is 0.272. The molecule has 21 heavy (non-hydrogen) atoms. The molecule has 2 aliphatic rings. The molecule has 0 radical (unpaired) electrons. The van der Waals surface area contributed by atoms with Crippen molar-refractivity contribution in [3.05, 3.63) is 34.9 Å². The Morgan fingerprint density at radius 3 is 2.48 bits per heavy atom. The maximum Gasteiger partial charge on any atom is 0.347 e. The lowest BCUT2D eigenvalue weighted by molar-refractivity contribution is -0.164. The van der Waals surface area contributed by atoms with E-state index >= 15 is 0 Å². The summed E-state index contributed by atoms with van der Waals surface area (Å²) in [5, 5.41) is 0.639. The van der Waals surface area contributed by atoms with Crippen LogP contribution in [0.5, 0.6) is 0 Å². The van der Waals surface area contributed by atoms with Crippen LogP contribution in [0.4, 0.5) is 0 Å². The van der Waals surface area contributed by atoms with Gasteiger partial charge < -0.3 is 9.47 Å². The van der Waals surface area contributed by atoms with Gasteiger partial charge in [0.15, 0.2) is 0 Å². The summed E-state index contributed by atoms with van der Waals surface area (Å²) in [6.45, 7) is 0.324. The van der Waals surface area contributed by atoms with Crippen LogP contribution < -0.4 is 0 Å². The highest BCUT2D eigenvalue weighted by Crippen LogP contribution is 2.43. The second-order valence-corrected chi connectivity index (χ2v) is 6.08. The first kappa shape index (κ1) is 14.4. The van der Waals surface area contributed by atoms with E-state index in [1.807, 2.05) is 12.1 Å². The summed E-state index contributed by atoms with van der Waals surface area (Å²) in [7, 11) is 0. The van der Waals surface area contributed by atoms with Gasteiger partial charge in [0.1, 0.15) is 0 Å². The first-order chi connectivity index (χ1) is 10.1. The van der Waals surface area contributed by atoms with Crippen LogP contribution in [-0.4, -0.2) is 24.6 Å². The molecule has 1 aliphatic carbocycles. The summed E-state index contributed by atoms with van der Waals surface area (Å²) in [5.74, 6) is -0.751. The minimum atomic E-state index is -0.748. The minimum absolute atomic E-state index is 0.314. The molecule has 3 rings (SSSR count). The maximum absolute atomic E-state index is 12.7. The highest BCUT2D eigenvalue weighted by atomic mass is 35.5. The minimum Gasteiger partial charge on any atom is -0.463 e. The summed E-state index contributed by atoms with van der Waals surface area (Å²) < 4.78 is 10.3. The van der Waals surface area contributed by atoms with Gasteiger partial charge >= 0.3 is 11.9 Å². The molecule has 0 bridgehead atoms. The topological polar surface area (TPSA) is 52.6 Å². The number of esters is 2. The van der Waals surface area contributed by atoms with Crippen molar-refractivity contribution in [1.29, 1.82) is 0 Å². The van der Waals surface area contributed by atoms with Crippen LogP contribution in [-0.2, 0) is 24.5 Å². The number of rotatable bonds is 3. The molecule has 2 fully saturated rings. The molecule has 0 N–H and O–H groups in total. The predicted molar refractivity (Wildman–Crippen MR) is 77.1 cm³/mol. The molecule has 5 heteroatoms. The van der Waals surface area contributed by atoms with Crippen molar-refractivity contribution < 1.29 is 19.1 Å². The Balaban J connectivity index is 1.84. The van der Waals surface area contributed by atoms with Crippen molar-refractivity contribution in [3.8, 4) is 0 Å². The number of cyclic esters (lactones) is 1. The zero-order valence-corrected chi connectivity index (χ0v) is 12.4. The van der Waals surface area contributed by atoms with Gasteiger partial charge in [-0.1, -0.05) is 36.6 Å². The summed E-state index contributed by atoms with van der Waals surface area (Å²) >= 11 is 5.92. The van der Waals surface area contributed by atoms with E-state index in [-0.39, 0.29) is 5.97 Å². The fraction of sp³-hybridized carbons (Fsp3) is 0.500. The lowest BCUT2D eigenvalue weighted by Gasteiger charge is -2.28. The number of halogens is 1. The summed E-state index contributed by atoms with van der Waals surface area (Å²) in [4.78, 5) is 24.2. The van der Waals surface area contributed by atoms with Gasteiger partial charge in [0.05, 0.1) is 12.0 Å². The van der Waals surface area contributed by atoms with E-state index in [0.29, 0.717) is 18.1 Å². The number of carbonyl (C=O) groups excluding carboxylic acids is 2. The van der Waals surface area contributed by atoms with Crippen molar-refractivity contribution in [1.82, 2.24) is 0 Å². The van der Waals surface area contributed by atoms with Crippen LogP contribution in [0.2, 0.25) is 5.02 Å². The molecule has 1 heterocycles. The van der Waals surface area contributed by atoms with Gasteiger partial charge in [0, 0.05) is 11.4 Å². The van der Waals surface area contributed by atoms with E-state index in [1.165, 1.54) is 0 Å². The quantitative estimate of drug-likeness (QED) is 0.806. The molecular weight excluding hydrogens is 292 g/mol. The normalized spacial score (nSPS) is 23.9. The summed E-state index contributed by atoms with van der Waals surface area (Å²) in [6, 6.07) is 7.33. The van der Waals surface area contributed by atoms with Gasteiger partial charge in [-0.3, -0.25) is 4.79 Å². The second-order valence-electron chi connectivity index (χ2n) is 5.65. The second kappa shape index (κ2) is 5.68. The van der Waals surface area contributed by atoms with Gasteiger partial charge in [-0.05, 0) is 30.5 Å². The standard InChI is InChI=1S/C16H17ClO4/c17-12-5-3-11(4-6-12)16(8-1-2-9-16)15(19)21-13-7-10-20-14(13)18/h3-6,13H,1-2,7-10H2/t13-/m1/s1. The lowest BCUT2D eigenvalue weighted by Crippen LogP contribution is -2.38. The van der Waals surface area contributed by atoms with Crippen molar-refractivity contribution in [3.63, 3.8) is 0 Å². The third-order valence-corrected chi connectivity index (χ3v) is 4.63. The first-order valence-electron chi connectivity index (χ1n) is 7.26. The van der Waals surface area contributed by atoms with E-state index in [0.717, 1.165) is 31.2 Å². The zero-order valence-electron chi connectivity index (χ0n) is 11.6. The maximum atomic E-state index is 12.7.